The molecule has 5 nitrogen and oxygen atoms in total. The molecule has 0 bridgehead atoms. The van der Waals surface area contributed by atoms with E-state index in [0.29, 0.717) is 12.2 Å². The molecule has 3 rings (SSSR count). The van der Waals surface area contributed by atoms with Gasteiger partial charge in [-0.1, -0.05) is 49.4 Å². The van der Waals surface area contributed by atoms with Gasteiger partial charge in [0.25, 0.3) is 0 Å². The number of H-pyrrole nitrogens is 1. The molecule has 0 radical (unpaired) electrons. The molecule has 2 N–H and O–H groups in total. The van der Waals surface area contributed by atoms with Crippen molar-refractivity contribution in [2.75, 3.05) is 5.32 Å². The molecule has 0 aliphatic rings. The second-order valence-electron chi connectivity index (χ2n) is 5.64. The molecule has 3 aromatic rings. The summed E-state index contributed by atoms with van der Waals surface area (Å²) in [5.41, 5.74) is 3.15. The highest BCUT2D eigenvalue weighted by atomic mass is 16.1. The van der Waals surface area contributed by atoms with Crippen LogP contribution >= 0.6 is 0 Å². The van der Waals surface area contributed by atoms with E-state index in [1.807, 2.05) is 54.6 Å². The van der Waals surface area contributed by atoms with Gasteiger partial charge in [0.05, 0.1) is 6.42 Å². The lowest BCUT2D eigenvalue weighted by molar-refractivity contribution is -0.115. The summed E-state index contributed by atoms with van der Waals surface area (Å²) in [4.78, 5) is 16.5. The van der Waals surface area contributed by atoms with Gasteiger partial charge in [0.2, 0.25) is 5.91 Å². The van der Waals surface area contributed by atoms with Crippen LogP contribution in [0, 0.1) is 0 Å². The lowest BCUT2D eigenvalue weighted by Gasteiger charge is -2.05. The topological polar surface area (TPSA) is 70.7 Å². The Morgan fingerprint density at radius 2 is 1.88 bits per heavy atom. The maximum atomic E-state index is 12.1. The Kier molecular flexibility index (Phi) is 5.01. The average molecular weight is 320 g/mol. The van der Waals surface area contributed by atoms with Crippen molar-refractivity contribution in [1.29, 1.82) is 0 Å². The van der Waals surface area contributed by atoms with Crippen molar-refractivity contribution in [3.05, 3.63) is 77.4 Å². The summed E-state index contributed by atoms with van der Waals surface area (Å²) >= 11 is 0. The second kappa shape index (κ2) is 7.55. The Morgan fingerprint density at radius 1 is 1.08 bits per heavy atom. The minimum Gasteiger partial charge on any atom is -0.326 e. The third kappa shape index (κ3) is 4.29. The molecular weight excluding hydrogens is 300 g/mol. The van der Waals surface area contributed by atoms with Gasteiger partial charge in [0.1, 0.15) is 5.82 Å². The summed E-state index contributed by atoms with van der Waals surface area (Å²) < 4.78 is 0. The fraction of sp³-hybridized carbons (Fsp3) is 0.211. The number of anilines is 1. The number of nitrogens with one attached hydrogen (secondary N) is 2. The normalized spacial score (nSPS) is 10.5. The third-order valence-corrected chi connectivity index (χ3v) is 3.73. The fourth-order valence-corrected chi connectivity index (χ4v) is 2.50. The zero-order valence-electron chi connectivity index (χ0n) is 13.6. The van der Waals surface area contributed by atoms with Crippen molar-refractivity contribution in [3.8, 4) is 0 Å². The Morgan fingerprint density at radius 3 is 2.67 bits per heavy atom. The number of aromatic amines is 1. The molecular formula is C19H20N4O. The summed E-state index contributed by atoms with van der Waals surface area (Å²) in [6.45, 7) is 2.09. The number of carbonyl (C=O) groups is 1. The molecule has 0 aliphatic carbocycles. The molecule has 24 heavy (non-hydrogen) atoms. The lowest BCUT2D eigenvalue weighted by Crippen LogP contribution is -2.15. The maximum Gasteiger partial charge on any atom is 0.232 e. The minimum atomic E-state index is -0.117. The van der Waals surface area contributed by atoms with Gasteiger partial charge in [-0.2, -0.15) is 5.10 Å². The highest BCUT2D eigenvalue weighted by molar-refractivity contribution is 5.91. The molecule has 122 valence electrons. The molecule has 2 aromatic carbocycles. The van der Waals surface area contributed by atoms with Crippen molar-refractivity contribution in [2.24, 2.45) is 0 Å². The Bertz CT molecular complexity index is 811. The first-order valence-corrected chi connectivity index (χ1v) is 8.06. The van der Waals surface area contributed by atoms with E-state index in [1.165, 1.54) is 5.56 Å². The molecule has 0 atom stereocenters. The largest absolute Gasteiger partial charge is 0.326 e. The Hall–Kier alpha value is -2.95. The van der Waals surface area contributed by atoms with Gasteiger partial charge in [-0.3, -0.25) is 9.89 Å². The molecule has 0 spiro atoms. The molecule has 0 saturated carbocycles. The highest BCUT2D eigenvalue weighted by Gasteiger charge is 2.10. The summed E-state index contributed by atoms with van der Waals surface area (Å²) in [6, 6.07) is 17.9. The van der Waals surface area contributed by atoms with Crippen molar-refractivity contribution in [3.63, 3.8) is 0 Å². The van der Waals surface area contributed by atoms with Gasteiger partial charge < -0.3 is 5.32 Å². The molecule has 1 amide bonds. The molecule has 0 unspecified atom stereocenters. The van der Waals surface area contributed by atoms with E-state index in [4.69, 9.17) is 0 Å². The van der Waals surface area contributed by atoms with Crippen molar-refractivity contribution in [2.45, 2.75) is 26.2 Å². The standard InChI is InChI=1S/C19H20N4O/c1-2-14-9-6-10-16(11-14)20-19(24)13-18-21-17(22-23-18)12-15-7-4-3-5-8-15/h3-11H,2,12-13H2,1H3,(H,20,24)(H,21,22,23). The molecule has 0 saturated heterocycles. The van der Waals surface area contributed by atoms with Crippen molar-refractivity contribution < 1.29 is 4.79 Å². The quantitative estimate of drug-likeness (QED) is 0.733. The first-order valence-electron chi connectivity index (χ1n) is 8.06. The van der Waals surface area contributed by atoms with Crippen LogP contribution in [0.1, 0.15) is 29.7 Å². The Balaban J connectivity index is 1.58. The monoisotopic (exact) mass is 320 g/mol. The zero-order chi connectivity index (χ0) is 16.8. The predicted molar refractivity (Wildman–Crippen MR) is 93.8 cm³/mol. The second-order valence-corrected chi connectivity index (χ2v) is 5.64. The molecule has 0 fully saturated rings. The van der Waals surface area contributed by atoms with Crippen LogP contribution in [-0.2, 0) is 24.1 Å². The van der Waals surface area contributed by atoms with Gasteiger partial charge in [0, 0.05) is 12.1 Å². The van der Waals surface area contributed by atoms with Crippen molar-refractivity contribution in [1.82, 2.24) is 15.2 Å². The summed E-state index contributed by atoms with van der Waals surface area (Å²) in [6.07, 6.45) is 1.77. The van der Waals surface area contributed by atoms with Crippen LogP contribution in [0.5, 0.6) is 0 Å². The lowest BCUT2D eigenvalue weighted by atomic mass is 10.1. The van der Waals surface area contributed by atoms with E-state index in [9.17, 15) is 4.79 Å². The Labute approximate surface area is 141 Å². The number of hydrogen-bond acceptors (Lipinski definition) is 3. The van der Waals surface area contributed by atoms with Gasteiger partial charge in [-0.05, 0) is 29.7 Å². The van der Waals surface area contributed by atoms with Crippen LogP contribution < -0.4 is 5.32 Å². The van der Waals surface area contributed by atoms with Crippen LogP contribution in [0.4, 0.5) is 5.69 Å². The number of carbonyl (C=O) groups excluding carboxylic acids is 1. The number of nitrogens with zero attached hydrogens (tertiary/aromatic N) is 2. The maximum absolute atomic E-state index is 12.1. The number of aromatic nitrogens is 3. The molecule has 5 heteroatoms. The van der Waals surface area contributed by atoms with Crippen LogP contribution in [0.25, 0.3) is 0 Å². The van der Waals surface area contributed by atoms with Crippen LogP contribution in [0.15, 0.2) is 54.6 Å². The van der Waals surface area contributed by atoms with Gasteiger partial charge in [0.15, 0.2) is 5.82 Å². The molecule has 0 aliphatic heterocycles. The number of rotatable bonds is 6. The van der Waals surface area contributed by atoms with Crippen molar-refractivity contribution >= 4 is 11.6 Å². The van der Waals surface area contributed by atoms with Gasteiger partial charge in [-0.15, -0.1) is 0 Å². The number of amides is 1. The minimum absolute atomic E-state index is 0.117. The predicted octanol–water partition coefficient (Wildman–Crippen LogP) is 3.14. The van der Waals surface area contributed by atoms with E-state index in [0.717, 1.165) is 23.5 Å². The van der Waals surface area contributed by atoms with E-state index in [1.54, 1.807) is 0 Å². The van der Waals surface area contributed by atoms with Gasteiger partial charge >= 0.3 is 0 Å². The molecule has 1 aromatic heterocycles. The van der Waals surface area contributed by atoms with Crippen LogP contribution in [-0.4, -0.2) is 21.1 Å². The average Bonchev–Trinajstić information content (AvgIpc) is 3.02. The number of hydrogen-bond donors (Lipinski definition) is 2. The number of benzene rings is 2. The van der Waals surface area contributed by atoms with E-state index >= 15 is 0 Å². The summed E-state index contributed by atoms with van der Waals surface area (Å²) in [7, 11) is 0. The van der Waals surface area contributed by atoms with Crippen LogP contribution in [0.2, 0.25) is 0 Å². The SMILES string of the molecule is CCc1cccc(NC(=O)Cc2n[nH]c(Cc3ccccc3)n2)c1. The third-order valence-electron chi connectivity index (χ3n) is 3.73. The zero-order valence-corrected chi connectivity index (χ0v) is 13.6. The first kappa shape index (κ1) is 15.9. The highest BCUT2D eigenvalue weighted by Crippen LogP contribution is 2.11. The van der Waals surface area contributed by atoms with E-state index in [2.05, 4.69) is 27.4 Å². The molecule has 1 heterocycles. The smallest absolute Gasteiger partial charge is 0.232 e. The van der Waals surface area contributed by atoms with E-state index < -0.39 is 0 Å². The van der Waals surface area contributed by atoms with Gasteiger partial charge in [-0.25, -0.2) is 4.98 Å². The summed E-state index contributed by atoms with van der Waals surface area (Å²) in [5.74, 6) is 1.15. The summed E-state index contributed by atoms with van der Waals surface area (Å²) in [5, 5.41) is 9.92. The number of aryl methyl sites for hydroxylation is 1. The van der Waals surface area contributed by atoms with Crippen LogP contribution in [0.3, 0.4) is 0 Å². The fourth-order valence-electron chi connectivity index (χ4n) is 2.50. The van der Waals surface area contributed by atoms with E-state index in [-0.39, 0.29) is 12.3 Å². The first-order chi connectivity index (χ1) is 11.7.